The Balaban J connectivity index is 0.00000153. The maximum atomic E-state index is 6.34. The number of para-hydroxylation sites is 2. The molecule has 0 aliphatic heterocycles. The zero-order valence-corrected chi connectivity index (χ0v) is 40.1. The van der Waals surface area contributed by atoms with Gasteiger partial charge in [0.15, 0.2) is 17.5 Å². The van der Waals surface area contributed by atoms with Gasteiger partial charge in [0.2, 0.25) is 0 Å². The van der Waals surface area contributed by atoms with Crippen LogP contribution < -0.4 is 0 Å². The van der Waals surface area contributed by atoms with E-state index in [0.717, 1.165) is 49.8 Å². The van der Waals surface area contributed by atoms with Crippen molar-refractivity contribution in [2.75, 3.05) is 0 Å². The van der Waals surface area contributed by atoms with Gasteiger partial charge in [-0.2, -0.15) is 0 Å². The minimum atomic E-state index is 0.583. The number of fused-ring (bicyclic) bond motifs is 13. The van der Waals surface area contributed by atoms with E-state index in [1.807, 2.05) is 53.8 Å². The third-order valence-electron chi connectivity index (χ3n) is 14.3. The summed E-state index contributed by atoms with van der Waals surface area (Å²) in [7, 11) is 0. The van der Waals surface area contributed by atoms with Crippen molar-refractivity contribution in [3.05, 3.63) is 222 Å². The first-order valence-corrected chi connectivity index (χ1v) is 25.5. The van der Waals surface area contributed by atoms with Gasteiger partial charge in [-0.15, -0.1) is 11.3 Å². The van der Waals surface area contributed by atoms with Crippen LogP contribution in [0, 0.1) is 5.92 Å². The number of furan rings is 1. The van der Waals surface area contributed by atoms with Crippen molar-refractivity contribution in [1.82, 2.24) is 19.5 Å². The maximum absolute atomic E-state index is 6.34. The van der Waals surface area contributed by atoms with E-state index in [0.29, 0.717) is 29.3 Å². The quantitative estimate of drug-likeness (QED) is 0.167. The second-order valence-corrected chi connectivity index (χ2v) is 20.0. The third-order valence-corrected chi connectivity index (χ3v) is 15.6. The zero-order valence-electron chi connectivity index (χ0n) is 39.3. The summed E-state index contributed by atoms with van der Waals surface area (Å²) in [6.45, 7) is 4.25. The van der Waals surface area contributed by atoms with Crippen LogP contribution in [0.5, 0.6) is 0 Å². The summed E-state index contributed by atoms with van der Waals surface area (Å²) in [5.41, 5.74) is 14.1. The van der Waals surface area contributed by atoms with Crippen LogP contribution in [0.15, 0.2) is 211 Å². The molecule has 0 amide bonds. The number of nitrogens with zero attached hydrogens (tertiary/aromatic N) is 4. The van der Waals surface area contributed by atoms with Crippen molar-refractivity contribution in [1.29, 1.82) is 0 Å². The minimum absolute atomic E-state index is 0.583. The Labute approximate surface area is 415 Å². The van der Waals surface area contributed by atoms with E-state index in [-0.39, 0.29) is 0 Å². The molecule has 1 fully saturated rings. The molecule has 2 unspecified atom stereocenters. The number of hydrogen-bond acceptors (Lipinski definition) is 5. The van der Waals surface area contributed by atoms with Crippen LogP contribution in [0.3, 0.4) is 0 Å². The smallest absolute Gasteiger partial charge is 0.164 e. The first-order valence-electron chi connectivity index (χ1n) is 24.7. The number of hydrogen-bond donors (Lipinski definition) is 0. The van der Waals surface area contributed by atoms with Gasteiger partial charge in [-0.3, -0.25) is 0 Å². The van der Waals surface area contributed by atoms with Crippen molar-refractivity contribution in [3.8, 4) is 51.0 Å². The van der Waals surface area contributed by atoms with Crippen LogP contribution in [0.1, 0.15) is 48.6 Å². The highest BCUT2D eigenvalue weighted by atomic mass is 32.1. The second-order valence-electron chi connectivity index (χ2n) is 19.0. The minimum Gasteiger partial charge on any atom is -0.456 e. The van der Waals surface area contributed by atoms with Crippen molar-refractivity contribution >= 4 is 81.5 Å². The normalized spacial score (nSPS) is 15.0. The Morgan fingerprint density at radius 2 is 1.11 bits per heavy atom. The molecule has 338 valence electrons. The van der Waals surface area contributed by atoms with Gasteiger partial charge in [0, 0.05) is 81.3 Å². The molecule has 4 aromatic heterocycles. The Kier molecular flexibility index (Phi) is 9.71. The topological polar surface area (TPSA) is 56.7 Å². The lowest BCUT2D eigenvalue weighted by molar-refractivity contribution is 0.669. The Morgan fingerprint density at radius 1 is 0.493 bits per heavy atom. The lowest BCUT2D eigenvalue weighted by atomic mass is 9.88. The molecule has 9 aromatic carbocycles. The van der Waals surface area contributed by atoms with Gasteiger partial charge in [-0.25, -0.2) is 15.0 Å². The zero-order chi connectivity index (χ0) is 47.2. The van der Waals surface area contributed by atoms with Crippen LogP contribution in [0.25, 0.3) is 121 Å². The first kappa shape index (κ1) is 41.5. The van der Waals surface area contributed by atoms with E-state index in [9.17, 15) is 0 Å². The molecule has 15 rings (SSSR count). The van der Waals surface area contributed by atoms with Gasteiger partial charge < -0.3 is 8.98 Å². The standard InChI is InChI=1S/C62H38N4OS.C3H8/c1-2-14-37(15-3-1)60-63-61(65-62(64-60)41-28-29-47-46-21-6-8-25-53(46)67-54(47)35-41)40-18-11-19-43(32-40)66-57-44-20-5-4-13-36(44)27-30-49(57)48-24-12-23-45(58(48)66)38-16-10-17-39(31-38)51-33-42-34-52(42)59-56(51)50-22-7-9-26-55(50)68-59;1-3-2/h1-33,35,42,52H,34H2;3H2,1-2H3. The molecule has 1 saturated carbocycles. The summed E-state index contributed by atoms with van der Waals surface area (Å²) in [5.74, 6) is 3.06. The van der Waals surface area contributed by atoms with Crippen molar-refractivity contribution in [2.45, 2.75) is 32.6 Å². The molecule has 2 aliphatic rings. The molecular formula is C65H46N4OS. The predicted molar refractivity (Wildman–Crippen MR) is 296 cm³/mol. The molecule has 71 heavy (non-hydrogen) atoms. The average molecular weight is 931 g/mol. The molecular weight excluding hydrogens is 885 g/mol. The number of allylic oxidation sites excluding steroid dienone is 1. The van der Waals surface area contributed by atoms with Gasteiger partial charge >= 0.3 is 0 Å². The van der Waals surface area contributed by atoms with Gasteiger partial charge in [0.05, 0.1) is 11.0 Å². The summed E-state index contributed by atoms with van der Waals surface area (Å²) >= 11 is 1.99. The van der Waals surface area contributed by atoms with Crippen molar-refractivity contribution in [3.63, 3.8) is 0 Å². The van der Waals surface area contributed by atoms with Crippen LogP contribution in [0.2, 0.25) is 0 Å². The predicted octanol–water partition coefficient (Wildman–Crippen LogP) is 17.9. The number of benzene rings is 9. The Hall–Kier alpha value is -8.45. The summed E-state index contributed by atoms with van der Waals surface area (Å²) in [6.07, 6.45) is 5.06. The van der Waals surface area contributed by atoms with Gasteiger partial charge in [-0.1, -0.05) is 184 Å². The average Bonchev–Trinajstić information content (AvgIpc) is 3.79. The van der Waals surface area contributed by atoms with E-state index >= 15 is 0 Å². The monoisotopic (exact) mass is 930 g/mol. The van der Waals surface area contributed by atoms with E-state index in [1.54, 1.807) is 4.88 Å². The Morgan fingerprint density at radius 3 is 1.97 bits per heavy atom. The summed E-state index contributed by atoms with van der Waals surface area (Å²) in [6, 6.07) is 71.6. The van der Waals surface area contributed by atoms with Gasteiger partial charge in [0.25, 0.3) is 0 Å². The number of aromatic nitrogens is 4. The molecule has 2 aliphatic carbocycles. The summed E-state index contributed by atoms with van der Waals surface area (Å²) in [5, 5.41) is 8.33. The molecule has 5 nitrogen and oxygen atoms in total. The molecule has 0 spiro atoms. The van der Waals surface area contributed by atoms with Crippen molar-refractivity contribution in [2.24, 2.45) is 5.92 Å². The second kappa shape index (κ2) is 16.6. The van der Waals surface area contributed by atoms with E-state index in [4.69, 9.17) is 19.4 Å². The lowest BCUT2D eigenvalue weighted by Gasteiger charge is -2.17. The Bertz CT molecular complexity index is 4290. The maximum Gasteiger partial charge on any atom is 0.164 e. The highest BCUT2D eigenvalue weighted by molar-refractivity contribution is 7.19. The fourth-order valence-electron chi connectivity index (χ4n) is 11.0. The molecule has 2 atom stereocenters. The lowest BCUT2D eigenvalue weighted by Crippen LogP contribution is -2.01. The van der Waals surface area contributed by atoms with E-state index in [2.05, 4.69) is 182 Å². The number of rotatable bonds is 6. The molecule has 0 radical (unpaired) electrons. The highest BCUT2D eigenvalue weighted by Crippen LogP contribution is 2.60. The summed E-state index contributed by atoms with van der Waals surface area (Å²) < 4.78 is 10.2. The molecule has 6 heteroatoms. The van der Waals surface area contributed by atoms with Crippen LogP contribution in [0.4, 0.5) is 0 Å². The van der Waals surface area contributed by atoms with Gasteiger partial charge in [-0.05, 0) is 76.9 Å². The molecule has 0 saturated heterocycles. The van der Waals surface area contributed by atoms with E-state index in [1.165, 1.54) is 77.8 Å². The number of thiophene rings is 1. The fraction of sp³-hybridized carbons (Fsp3) is 0.0923. The van der Waals surface area contributed by atoms with E-state index < -0.39 is 0 Å². The molecule has 0 bridgehead atoms. The molecule has 0 N–H and O–H groups in total. The fourth-order valence-corrected chi connectivity index (χ4v) is 12.4. The van der Waals surface area contributed by atoms with Gasteiger partial charge in [0.1, 0.15) is 11.2 Å². The molecule has 13 aromatic rings. The van der Waals surface area contributed by atoms with Crippen LogP contribution >= 0.6 is 11.3 Å². The SMILES string of the molecule is C1=C(c2cccc(-c3cccc4c5ccc6ccccc6c5n(-c5cccc(-c6nc(-c7ccccc7)nc(-c7ccc8c(c7)oc7ccccc78)n6)c5)c34)c2)c2c(sc3ccccc23)C2CC12.CCC. The largest absolute Gasteiger partial charge is 0.456 e. The summed E-state index contributed by atoms with van der Waals surface area (Å²) in [4.78, 5) is 17.1. The van der Waals surface area contributed by atoms with Crippen LogP contribution in [-0.2, 0) is 0 Å². The molecule has 4 heterocycles. The van der Waals surface area contributed by atoms with Crippen molar-refractivity contribution < 1.29 is 4.42 Å². The highest BCUT2D eigenvalue weighted by Gasteiger charge is 2.44. The third kappa shape index (κ3) is 6.85. The van der Waals surface area contributed by atoms with Crippen LogP contribution in [-0.4, -0.2) is 19.5 Å². The first-order chi connectivity index (χ1) is 35.1.